The third-order valence-corrected chi connectivity index (χ3v) is 5.03. The van der Waals surface area contributed by atoms with E-state index in [2.05, 4.69) is 17.0 Å². The number of aryl methyl sites for hydroxylation is 1. The molecule has 0 aliphatic carbocycles. The zero-order chi connectivity index (χ0) is 19.0. The first-order valence-electron chi connectivity index (χ1n) is 8.69. The lowest BCUT2D eigenvalue weighted by molar-refractivity contribution is 0.0707. The van der Waals surface area contributed by atoms with E-state index >= 15 is 0 Å². The Balaban J connectivity index is 1.83. The SMILES string of the molecule is C=CCN1C(=O)c2ccccc2NC1c1c(C)nn(-c2ccccc2)c1Cl. The second-order valence-electron chi connectivity index (χ2n) is 6.38. The number of benzene rings is 2. The van der Waals surface area contributed by atoms with Crippen molar-refractivity contribution in [2.24, 2.45) is 0 Å². The Morgan fingerprint density at radius 1 is 1.19 bits per heavy atom. The van der Waals surface area contributed by atoms with Crippen molar-refractivity contribution >= 4 is 23.2 Å². The number of carbonyl (C=O) groups excluding carboxylic acids is 1. The average Bonchev–Trinajstić information content (AvgIpc) is 2.99. The van der Waals surface area contributed by atoms with E-state index in [1.807, 2.05) is 61.5 Å². The second-order valence-corrected chi connectivity index (χ2v) is 6.73. The van der Waals surface area contributed by atoms with Crippen molar-refractivity contribution in [3.05, 3.63) is 89.2 Å². The lowest BCUT2D eigenvalue weighted by Crippen LogP contribution is -2.43. The van der Waals surface area contributed by atoms with Gasteiger partial charge in [0.05, 0.1) is 22.5 Å². The normalized spacial score (nSPS) is 16.0. The number of hydrogen-bond donors (Lipinski definition) is 1. The molecule has 1 atom stereocenters. The van der Waals surface area contributed by atoms with Gasteiger partial charge in [0.1, 0.15) is 11.3 Å². The van der Waals surface area contributed by atoms with Crippen LogP contribution in [0.15, 0.2) is 67.3 Å². The van der Waals surface area contributed by atoms with Crippen LogP contribution in [0.1, 0.15) is 27.8 Å². The van der Waals surface area contributed by atoms with Gasteiger partial charge in [0, 0.05) is 12.2 Å². The highest BCUT2D eigenvalue weighted by Crippen LogP contribution is 2.38. The smallest absolute Gasteiger partial charge is 0.258 e. The Labute approximate surface area is 162 Å². The molecule has 0 saturated heterocycles. The molecule has 0 spiro atoms. The summed E-state index contributed by atoms with van der Waals surface area (Å²) in [5, 5.41) is 8.54. The largest absolute Gasteiger partial charge is 0.361 e. The van der Waals surface area contributed by atoms with Crippen LogP contribution in [0.5, 0.6) is 0 Å². The van der Waals surface area contributed by atoms with Crippen molar-refractivity contribution in [1.82, 2.24) is 14.7 Å². The molecular weight excluding hydrogens is 360 g/mol. The minimum absolute atomic E-state index is 0.0582. The lowest BCUT2D eigenvalue weighted by Gasteiger charge is -2.37. The van der Waals surface area contributed by atoms with Gasteiger partial charge < -0.3 is 10.2 Å². The van der Waals surface area contributed by atoms with Crippen LogP contribution in [0.3, 0.4) is 0 Å². The van der Waals surface area contributed by atoms with Gasteiger partial charge in [-0.2, -0.15) is 5.10 Å². The Morgan fingerprint density at radius 2 is 1.89 bits per heavy atom. The molecule has 1 aromatic heterocycles. The third-order valence-electron chi connectivity index (χ3n) is 4.67. The van der Waals surface area contributed by atoms with E-state index < -0.39 is 6.17 Å². The molecule has 4 rings (SSSR count). The minimum Gasteiger partial charge on any atom is -0.361 e. The molecule has 136 valence electrons. The van der Waals surface area contributed by atoms with Crippen LogP contribution >= 0.6 is 11.6 Å². The topological polar surface area (TPSA) is 50.2 Å². The number of fused-ring (bicyclic) bond motifs is 1. The number of aromatic nitrogens is 2. The summed E-state index contributed by atoms with van der Waals surface area (Å²) in [6.45, 7) is 6.10. The summed E-state index contributed by atoms with van der Waals surface area (Å²) in [6, 6.07) is 17.2. The summed E-state index contributed by atoms with van der Waals surface area (Å²) >= 11 is 6.73. The minimum atomic E-state index is -0.421. The van der Waals surface area contributed by atoms with Gasteiger partial charge >= 0.3 is 0 Å². The monoisotopic (exact) mass is 378 g/mol. The summed E-state index contributed by atoms with van der Waals surface area (Å²) in [6.07, 6.45) is 1.29. The fraction of sp³-hybridized carbons (Fsp3) is 0.143. The van der Waals surface area contributed by atoms with Crippen molar-refractivity contribution < 1.29 is 4.79 Å². The summed E-state index contributed by atoms with van der Waals surface area (Å²) in [5.41, 5.74) is 3.85. The summed E-state index contributed by atoms with van der Waals surface area (Å²) in [4.78, 5) is 14.8. The molecular formula is C21H19ClN4O. The fourth-order valence-corrected chi connectivity index (χ4v) is 3.79. The van der Waals surface area contributed by atoms with Crippen LogP contribution in [0.2, 0.25) is 5.15 Å². The number of para-hydroxylation sites is 2. The van der Waals surface area contributed by atoms with Crippen molar-refractivity contribution in [3.63, 3.8) is 0 Å². The second kappa shape index (κ2) is 6.93. The predicted octanol–water partition coefficient (Wildman–Crippen LogP) is 4.59. The number of amides is 1. The van der Waals surface area contributed by atoms with Crippen LogP contribution in [-0.2, 0) is 0 Å². The number of anilines is 1. The molecule has 0 bridgehead atoms. The van der Waals surface area contributed by atoms with E-state index in [0.29, 0.717) is 17.3 Å². The molecule has 0 fully saturated rings. The molecule has 2 heterocycles. The standard InChI is InChI=1S/C21H19ClN4O/c1-3-13-25-20(23-17-12-8-7-11-16(17)21(25)27)18-14(2)24-26(19(18)22)15-9-5-4-6-10-15/h3-12,20,23H,1,13H2,2H3. The zero-order valence-electron chi connectivity index (χ0n) is 14.9. The van der Waals surface area contributed by atoms with Crippen LogP contribution < -0.4 is 5.32 Å². The lowest BCUT2D eigenvalue weighted by atomic mass is 10.0. The van der Waals surface area contributed by atoms with Crippen LogP contribution in [0, 0.1) is 6.92 Å². The van der Waals surface area contributed by atoms with Gasteiger partial charge in [-0.1, -0.05) is 48.0 Å². The maximum Gasteiger partial charge on any atom is 0.258 e. The summed E-state index contributed by atoms with van der Waals surface area (Å²) in [7, 11) is 0. The number of nitrogens with one attached hydrogen (secondary N) is 1. The average molecular weight is 379 g/mol. The van der Waals surface area contributed by atoms with E-state index in [1.165, 1.54) is 0 Å². The van der Waals surface area contributed by atoms with Crippen LogP contribution in [-0.4, -0.2) is 27.1 Å². The molecule has 1 unspecified atom stereocenters. The van der Waals surface area contributed by atoms with E-state index in [-0.39, 0.29) is 5.91 Å². The highest BCUT2D eigenvalue weighted by molar-refractivity contribution is 6.30. The molecule has 1 amide bonds. The molecule has 5 nitrogen and oxygen atoms in total. The number of nitrogens with zero attached hydrogens (tertiary/aromatic N) is 3. The maximum atomic E-state index is 13.1. The molecule has 6 heteroatoms. The molecule has 1 N–H and O–H groups in total. The first kappa shape index (κ1) is 17.4. The molecule has 27 heavy (non-hydrogen) atoms. The molecule has 1 aliphatic rings. The van der Waals surface area contributed by atoms with Gasteiger partial charge in [-0.05, 0) is 31.2 Å². The van der Waals surface area contributed by atoms with Gasteiger partial charge in [0.15, 0.2) is 0 Å². The van der Waals surface area contributed by atoms with E-state index in [1.54, 1.807) is 15.7 Å². The van der Waals surface area contributed by atoms with Crippen LogP contribution in [0.4, 0.5) is 5.69 Å². The summed E-state index contributed by atoms with van der Waals surface area (Å²) < 4.78 is 1.70. The number of rotatable bonds is 4. The van der Waals surface area contributed by atoms with Crippen LogP contribution in [0.25, 0.3) is 5.69 Å². The van der Waals surface area contributed by atoms with Gasteiger partial charge in [-0.15, -0.1) is 6.58 Å². The number of carbonyl (C=O) groups is 1. The van der Waals surface area contributed by atoms with Gasteiger partial charge in [0.2, 0.25) is 0 Å². The fourth-order valence-electron chi connectivity index (χ4n) is 3.41. The Kier molecular flexibility index (Phi) is 4.46. The summed E-state index contributed by atoms with van der Waals surface area (Å²) in [5.74, 6) is -0.0582. The Morgan fingerprint density at radius 3 is 2.63 bits per heavy atom. The quantitative estimate of drug-likeness (QED) is 0.676. The predicted molar refractivity (Wildman–Crippen MR) is 107 cm³/mol. The Bertz CT molecular complexity index is 1010. The van der Waals surface area contributed by atoms with Crippen molar-refractivity contribution in [2.45, 2.75) is 13.1 Å². The van der Waals surface area contributed by atoms with Gasteiger partial charge in [0.25, 0.3) is 5.91 Å². The Hall–Kier alpha value is -3.05. The van der Waals surface area contributed by atoms with Gasteiger partial charge in [-0.3, -0.25) is 4.79 Å². The first-order chi connectivity index (χ1) is 13.1. The highest BCUT2D eigenvalue weighted by atomic mass is 35.5. The maximum absolute atomic E-state index is 13.1. The number of hydrogen-bond acceptors (Lipinski definition) is 3. The van der Waals surface area contributed by atoms with E-state index in [9.17, 15) is 4.79 Å². The molecule has 0 radical (unpaired) electrons. The first-order valence-corrected chi connectivity index (χ1v) is 9.07. The molecule has 1 aliphatic heterocycles. The van der Waals surface area contributed by atoms with Crippen molar-refractivity contribution in [2.75, 3.05) is 11.9 Å². The third kappa shape index (κ3) is 2.90. The van der Waals surface area contributed by atoms with E-state index in [4.69, 9.17) is 11.6 Å². The van der Waals surface area contributed by atoms with Crippen molar-refractivity contribution in [1.29, 1.82) is 0 Å². The van der Waals surface area contributed by atoms with Crippen molar-refractivity contribution in [3.8, 4) is 5.69 Å². The van der Waals surface area contributed by atoms with E-state index in [0.717, 1.165) is 22.6 Å². The molecule has 3 aromatic rings. The molecule has 0 saturated carbocycles. The molecule has 2 aromatic carbocycles. The van der Waals surface area contributed by atoms with Gasteiger partial charge in [-0.25, -0.2) is 4.68 Å². The highest BCUT2D eigenvalue weighted by Gasteiger charge is 2.35. The zero-order valence-corrected chi connectivity index (χ0v) is 15.6. The number of halogens is 1.